The molecule has 1 fully saturated rings. The number of carbonyl (C=O) groups is 2. The van der Waals surface area contributed by atoms with Gasteiger partial charge in [0.1, 0.15) is 11.6 Å². The van der Waals surface area contributed by atoms with Gasteiger partial charge in [0.25, 0.3) is 0 Å². The first-order valence-corrected chi connectivity index (χ1v) is 9.40. The van der Waals surface area contributed by atoms with Crippen molar-refractivity contribution in [1.82, 2.24) is 4.90 Å². The van der Waals surface area contributed by atoms with Gasteiger partial charge in [-0.1, -0.05) is 24.3 Å². The second kappa shape index (κ2) is 8.09. The fourth-order valence-corrected chi connectivity index (χ4v) is 4.04. The largest absolute Gasteiger partial charge is 0.370 e. The Morgan fingerprint density at radius 3 is 2.21 bits per heavy atom. The van der Waals surface area contributed by atoms with E-state index in [0.717, 1.165) is 11.1 Å². The predicted octanol–water partition coefficient (Wildman–Crippen LogP) is 3.85. The maximum absolute atomic E-state index is 13.4. The SMILES string of the molecule is C[C@@H](c1ccc(F)cc1)N1CC[C@](CCC(N)=O)(c2ccc(F)cc2)CC1=O. The lowest BCUT2D eigenvalue weighted by atomic mass is 9.69. The molecule has 2 atom stereocenters. The molecule has 0 saturated carbocycles. The molecule has 0 spiro atoms. The molecular weight excluding hydrogens is 362 g/mol. The second-order valence-electron chi connectivity index (χ2n) is 7.49. The summed E-state index contributed by atoms with van der Waals surface area (Å²) in [6.07, 6.45) is 1.47. The van der Waals surface area contributed by atoms with Crippen LogP contribution in [0.1, 0.15) is 49.8 Å². The number of nitrogens with two attached hydrogens (primary N) is 1. The van der Waals surface area contributed by atoms with Crippen LogP contribution in [0.4, 0.5) is 8.78 Å². The number of primary amides is 1. The smallest absolute Gasteiger partial charge is 0.223 e. The van der Waals surface area contributed by atoms with Gasteiger partial charge in [-0.05, 0) is 55.2 Å². The van der Waals surface area contributed by atoms with Crippen molar-refractivity contribution in [3.8, 4) is 0 Å². The maximum Gasteiger partial charge on any atom is 0.223 e. The van der Waals surface area contributed by atoms with E-state index in [1.807, 2.05) is 6.92 Å². The average molecular weight is 386 g/mol. The molecule has 2 aromatic rings. The Labute approximate surface area is 163 Å². The minimum absolute atomic E-state index is 0.0446. The van der Waals surface area contributed by atoms with Crippen LogP contribution in [0.25, 0.3) is 0 Å². The first kappa shape index (κ1) is 20.0. The summed E-state index contributed by atoms with van der Waals surface area (Å²) in [5.41, 5.74) is 6.51. The molecule has 1 aliphatic rings. The first-order valence-electron chi connectivity index (χ1n) is 9.40. The van der Waals surface area contributed by atoms with Gasteiger partial charge in [-0.15, -0.1) is 0 Å². The van der Waals surface area contributed by atoms with E-state index < -0.39 is 11.3 Å². The van der Waals surface area contributed by atoms with Gasteiger partial charge in [0, 0.05) is 24.8 Å². The molecule has 0 unspecified atom stereocenters. The van der Waals surface area contributed by atoms with E-state index in [0.29, 0.717) is 19.4 Å². The monoisotopic (exact) mass is 386 g/mol. The van der Waals surface area contributed by atoms with E-state index >= 15 is 0 Å². The highest BCUT2D eigenvalue weighted by atomic mass is 19.1. The predicted molar refractivity (Wildman–Crippen MR) is 102 cm³/mol. The van der Waals surface area contributed by atoms with Crippen molar-refractivity contribution in [2.75, 3.05) is 6.54 Å². The van der Waals surface area contributed by atoms with Crippen molar-refractivity contribution < 1.29 is 18.4 Å². The summed E-state index contributed by atoms with van der Waals surface area (Å²) in [6.45, 7) is 2.41. The van der Waals surface area contributed by atoms with E-state index in [4.69, 9.17) is 5.73 Å². The molecule has 0 radical (unpaired) electrons. The fourth-order valence-electron chi connectivity index (χ4n) is 4.04. The Kier molecular flexibility index (Phi) is 5.77. The number of carbonyl (C=O) groups excluding carboxylic acids is 2. The minimum atomic E-state index is -0.543. The topological polar surface area (TPSA) is 63.4 Å². The van der Waals surface area contributed by atoms with Gasteiger partial charge in [-0.2, -0.15) is 0 Å². The molecule has 0 bridgehead atoms. The number of rotatable bonds is 6. The Balaban J connectivity index is 1.83. The highest BCUT2D eigenvalue weighted by Gasteiger charge is 2.41. The summed E-state index contributed by atoms with van der Waals surface area (Å²) in [5, 5.41) is 0. The standard InChI is InChI=1S/C22H24F2N2O2/c1-15(16-2-6-18(23)7-3-16)26-13-12-22(14-21(26)28,11-10-20(25)27)17-4-8-19(24)9-5-17/h2-9,15H,10-14H2,1H3,(H2,25,27)/t15-,22-/m0/s1. The number of hydrogen-bond acceptors (Lipinski definition) is 2. The minimum Gasteiger partial charge on any atom is -0.370 e. The van der Waals surface area contributed by atoms with E-state index in [9.17, 15) is 18.4 Å². The van der Waals surface area contributed by atoms with E-state index in [1.165, 1.54) is 24.3 Å². The molecule has 2 aromatic carbocycles. The third-order valence-electron chi connectivity index (χ3n) is 5.77. The molecule has 3 rings (SSSR count). The summed E-state index contributed by atoms with van der Waals surface area (Å²) in [6, 6.07) is 12.1. The highest BCUT2D eigenvalue weighted by molar-refractivity contribution is 5.80. The number of halogens is 2. The molecule has 2 amide bonds. The number of hydrogen-bond donors (Lipinski definition) is 1. The summed E-state index contributed by atoms with van der Waals surface area (Å²) in [4.78, 5) is 26.2. The van der Waals surface area contributed by atoms with Crippen LogP contribution in [0.3, 0.4) is 0 Å². The van der Waals surface area contributed by atoms with Gasteiger partial charge in [0.2, 0.25) is 11.8 Å². The lowest BCUT2D eigenvalue weighted by molar-refractivity contribution is -0.139. The zero-order chi connectivity index (χ0) is 20.3. The summed E-state index contributed by atoms with van der Waals surface area (Å²) >= 11 is 0. The molecule has 0 aromatic heterocycles. The van der Waals surface area contributed by atoms with Crippen molar-refractivity contribution >= 4 is 11.8 Å². The normalized spacial score (nSPS) is 20.8. The van der Waals surface area contributed by atoms with Crippen LogP contribution >= 0.6 is 0 Å². The van der Waals surface area contributed by atoms with Crippen LogP contribution in [0.5, 0.6) is 0 Å². The number of nitrogens with zero attached hydrogens (tertiary/aromatic N) is 1. The van der Waals surface area contributed by atoms with Gasteiger partial charge in [0.05, 0.1) is 6.04 Å². The molecule has 0 aliphatic carbocycles. The molecule has 148 valence electrons. The lowest BCUT2D eigenvalue weighted by Crippen LogP contribution is -2.47. The number of piperidine rings is 1. The number of benzene rings is 2. The summed E-state index contributed by atoms with van der Waals surface area (Å²) in [5.74, 6) is -1.13. The molecule has 4 nitrogen and oxygen atoms in total. The maximum atomic E-state index is 13.4. The van der Waals surface area contributed by atoms with E-state index in [2.05, 4.69) is 0 Å². The molecule has 2 N–H and O–H groups in total. The molecule has 28 heavy (non-hydrogen) atoms. The zero-order valence-corrected chi connectivity index (χ0v) is 15.8. The average Bonchev–Trinajstić information content (AvgIpc) is 2.67. The second-order valence-corrected chi connectivity index (χ2v) is 7.49. The van der Waals surface area contributed by atoms with Crippen molar-refractivity contribution in [2.45, 2.75) is 44.1 Å². The van der Waals surface area contributed by atoms with Crippen molar-refractivity contribution in [2.24, 2.45) is 5.73 Å². The fraction of sp³-hybridized carbons (Fsp3) is 0.364. The van der Waals surface area contributed by atoms with Crippen molar-refractivity contribution in [3.63, 3.8) is 0 Å². The number of amides is 2. The van der Waals surface area contributed by atoms with Crippen LogP contribution < -0.4 is 5.73 Å². The summed E-state index contributed by atoms with van der Waals surface area (Å²) in [7, 11) is 0. The van der Waals surface area contributed by atoms with Gasteiger partial charge in [0.15, 0.2) is 0 Å². The van der Waals surface area contributed by atoms with E-state index in [-0.39, 0.29) is 36.4 Å². The molecule has 1 heterocycles. The highest BCUT2D eigenvalue weighted by Crippen LogP contribution is 2.42. The lowest BCUT2D eigenvalue weighted by Gasteiger charge is -2.44. The molecule has 6 heteroatoms. The van der Waals surface area contributed by atoms with Crippen LogP contribution in [0.15, 0.2) is 48.5 Å². The van der Waals surface area contributed by atoms with Crippen LogP contribution in [0, 0.1) is 11.6 Å². The third kappa shape index (κ3) is 4.21. The summed E-state index contributed by atoms with van der Waals surface area (Å²) < 4.78 is 26.6. The van der Waals surface area contributed by atoms with Crippen molar-refractivity contribution in [3.05, 3.63) is 71.3 Å². The van der Waals surface area contributed by atoms with Gasteiger partial charge in [-0.25, -0.2) is 8.78 Å². The third-order valence-corrected chi connectivity index (χ3v) is 5.77. The quantitative estimate of drug-likeness (QED) is 0.820. The van der Waals surface area contributed by atoms with Crippen molar-refractivity contribution in [1.29, 1.82) is 0 Å². The van der Waals surface area contributed by atoms with Crippen LogP contribution in [0.2, 0.25) is 0 Å². The van der Waals surface area contributed by atoms with E-state index in [1.54, 1.807) is 29.2 Å². The Morgan fingerprint density at radius 2 is 1.68 bits per heavy atom. The van der Waals surface area contributed by atoms with Crippen LogP contribution in [-0.2, 0) is 15.0 Å². The van der Waals surface area contributed by atoms with Gasteiger partial charge < -0.3 is 10.6 Å². The zero-order valence-electron chi connectivity index (χ0n) is 15.8. The van der Waals surface area contributed by atoms with Gasteiger partial charge >= 0.3 is 0 Å². The van der Waals surface area contributed by atoms with Gasteiger partial charge in [-0.3, -0.25) is 9.59 Å². The first-order chi connectivity index (χ1) is 13.3. The molecule has 1 saturated heterocycles. The Morgan fingerprint density at radius 1 is 1.11 bits per heavy atom. The Bertz CT molecular complexity index is 852. The Hall–Kier alpha value is -2.76. The number of likely N-dealkylation sites (tertiary alicyclic amines) is 1. The molecular formula is C22H24F2N2O2. The molecule has 1 aliphatic heterocycles. The van der Waals surface area contributed by atoms with Crippen LogP contribution in [-0.4, -0.2) is 23.3 Å².